The molecule has 8 atom stereocenters. The van der Waals surface area contributed by atoms with E-state index in [0.717, 1.165) is 11.8 Å². The Labute approximate surface area is 392 Å². The van der Waals surface area contributed by atoms with Gasteiger partial charge in [0.1, 0.15) is 48.0 Å². The number of phenolic OH excluding ortho intramolecular Hbond substituents is 1. The fourth-order valence-corrected chi connectivity index (χ4v) is 6.57. The average Bonchev–Trinajstić information content (AvgIpc) is 3.77. The summed E-state index contributed by atoms with van der Waals surface area (Å²) in [5.41, 5.74) is 22.4. The van der Waals surface area contributed by atoms with Crippen molar-refractivity contribution in [1.82, 2.24) is 42.1 Å². The highest BCUT2D eigenvalue weighted by Crippen LogP contribution is 2.20. The van der Waals surface area contributed by atoms with Crippen molar-refractivity contribution in [1.29, 1.82) is 0 Å². The fraction of sp³-hybridized carbons (Fsp3) is 0.525. The first-order valence-corrected chi connectivity index (χ1v) is 21.2. The molecule has 0 radical (unpaired) electrons. The van der Waals surface area contributed by atoms with Gasteiger partial charge in [0.05, 0.1) is 32.0 Å². The van der Waals surface area contributed by atoms with E-state index >= 15 is 0 Å². The van der Waals surface area contributed by atoms with Gasteiger partial charge in [0.15, 0.2) is 0 Å². The van der Waals surface area contributed by atoms with E-state index in [-0.39, 0.29) is 38.0 Å². The molecule has 0 unspecified atom stereocenters. The number of aliphatic carboxylic acids is 2. The van der Waals surface area contributed by atoms with E-state index in [0.29, 0.717) is 5.56 Å². The standard InChI is InChI=1S/C40H58N12O17/c1-18(40(68)69)46-35(63)22(8-10-28(42)55)49-37(65)26(17-53)47-31(58)16-45-34(62)24(15-32(59)60)50-38(66)27-3-2-12-52(27)39(67)25(14-30(44)57)51-36(64)23(9-11-29(43)56)48-33(61)21(41)13-19-4-6-20(54)7-5-19/h4-7,18,21-27,53-54H,2-3,8-17,41H2,1H3,(H2,42,55)(H2,43,56)(H2,44,57)(H,45,62)(H,46,63)(H,47,58)(H,48,61)(H,49,65)(H,50,66)(H,51,64)(H,59,60)(H,68,69)/t18-,21-,22-,23-,24-,25-,26-,27-/m0/s1. The second kappa shape index (κ2) is 27.6. The summed E-state index contributed by atoms with van der Waals surface area (Å²) in [5, 5.41) is 53.2. The van der Waals surface area contributed by atoms with Crippen LogP contribution in [0.5, 0.6) is 5.75 Å². The van der Waals surface area contributed by atoms with Gasteiger partial charge in [-0.15, -0.1) is 0 Å². The molecule has 29 nitrogen and oxygen atoms in total. The number of nitrogens with two attached hydrogens (primary N) is 4. The molecule has 0 aromatic heterocycles. The quantitative estimate of drug-likeness (QED) is 0.0354. The molecule has 0 aliphatic carbocycles. The van der Waals surface area contributed by atoms with Crippen LogP contribution in [-0.2, 0) is 68.7 Å². The molecule has 11 amide bonds. The first-order chi connectivity index (χ1) is 32.3. The number of aliphatic hydroxyl groups is 1. The summed E-state index contributed by atoms with van der Waals surface area (Å²) in [4.78, 5) is 165. The van der Waals surface area contributed by atoms with Crippen molar-refractivity contribution in [3.63, 3.8) is 0 Å². The van der Waals surface area contributed by atoms with E-state index in [1.165, 1.54) is 24.3 Å². The SMILES string of the molecule is C[C@H](NC(=O)[C@H](CCC(N)=O)NC(=O)[C@H](CO)NC(=O)CNC(=O)[C@H](CC(=O)O)NC(=O)[C@@H]1CCCN1C(=O)[C@H](CC(N)=O)NC(=O)[C@H](CCC(N)=O)NC(=O)[C@@H](N)Cc1ccc(O)cc1)C(=O)O. The summed E-state index contributed by atoms with van der Waals surface area (Å²) in [6.07, 6.45) is -3.49. The number of hydrogen-bond donors (Lipinski definition) is 15. The van der Waals surface area contributed by atoms with Gasteiger partial charge in [0, 0.05) is 19.4 Å². The molecule has 1 fully saturated rings. The molecule has 1 heterocycles. The highest BCUT2D eigenvalue weighted by molar-refractivity contribution is 5.99. The maximum Gasteiger partial charge on any atom is 0.325 e. The number of aliphatic hydroxyl groups excluding tert-OH is 1. The Balaban J connectivity index is 2.17. The van der Waals surface area contributed by atoms with Crippen molar-refractivity contribution in [2.45, 2.75) is 113 Å². The van der Waals surface area contributed by atoms with Crippen molar-refractivity contribution in [3.05, 3.63) is 29.8 Å². The molecule has 1 aromatic rings. The third kappa shape index (κ3) is 19.8. The first kappa shape index (κ1) is 57.2. The van der Waals surface area contributed by atoms with Gasteiger partial charge in [0.2, 0.25) is 65.0 Å². The maximum absolute atomic E-state index is 13.9. The molecule has 0 spiro atoms. The van der Waals surface area contributed by atoms with E-state index in [1.807, 2.05) is 0 Å². The van der Waals surface area contributed by atoms with E-state index < -0.39 is 171 Å². The number of likely N-dealkylation sites (tertiary alicyclic amines) is 1. The summed E-state index contributed by atoms with van der Waals surface area (Å²) >= 11 is 0. The van der Waals surface area contributed by atoms with Crippen LogP contribution in [-0.4, -0.2) is 170 Å². The van der Waals surface area contributed by atoms with E-state index in [1.54, 1.807) is 0 Å². The summed E-state index contributed by atoms with van der Waals surface area (Å²) < 4.78 is 0. The Hall–Kier alpha value is -7.95. The summed E-state index contributed by atoms with van der Waals surface area (Å²) in [7, 11) is 0. The highest BCUT2D eigenvalue weighted by Gasteiger charge is 2.40. The Morgan fingerprint density at radius 1 is 0.667 bits per heavy atom. The largest absolute Gasteiger partial charge is 0.508 e. The normalized spacial score (nSPS) is 16.0. The highest BCUT2D eigenvalue weighted by atomic mass is 16.4. The van der Waals surface area contributed by atoms with Gasteiger partial charge >= 0.3 is 11.9 Å². The van der Waals surface area contributed by atoms with Crippen molar-refractivity contribution >= 4 is 76.9 Å². The zero-order valence-corrected chi connectivity index (χ0v) is 37.3. The molecule has 1 aliphatic heterocycles. The monoisotopic (exact) mass is 978 g/mol. The number of phenols is 1. The minimum atomic E-state index is -1.90. The molecule has 1 aromatic carbocycles. The van der Waals surface area contributed by atoms with Gasteiger partial charge in [-0.05, 0) is 56.7 Å². The van der Waals surface area contributed by atoms with Gasteiger partial charge in [-0.2, -0.15) is 0 Å². The van der Waals surface area contributed by atoms with Crippen molar-refractivity contribution in [2.75, 3.05) is 19.7 Å². The molecule has 69 heavy (non-hydrogen) atoms. The smallest absolute Gasteiger partial charge is 0.325 e. The number of carbonyl (C=O) groups is 13. The van der Waals surface area contributed by atoms with Crippen LogP contribution in [0.15, 0.2) is 24.3 Å². The van der Waals surface area contributed by atoms with Crippen LogP contribution in [0, 0.1) is 0 Å². The van der Waals surface area contributed by atoms with Crippen LogP contribution < -0.4 is 60.2 Å². The Kier molecular flexibility index (Phi) is 22.9. The lowest BCUT2D eigenvalue weighted by molar-refractivity contribution is -0.144. The lowest BCUT2D eigenvalue weighted by atomic mass is 10.0. The molecule has 2 rings (SSSR count). The Morgan fingerprint density at radius 3 is 1.72 bits per heavy atom. The molecular weight excluding hydrogens is 921 g/mol. The number of nitrogens with zero attached hydrogens (tertiary/aromatic N) is 1. The van der Waals surface area contributed by atoms with Gasteiger partial charge in [-0.25, -0.2) is 0 Å². The van der Waals surface area contributed by atoms with E-state index in [9.17, 15) is 77.6 Å². The lowest BCUT2D eigenvalue weighted by Crippen LogP contribution is -2.59. The van der Waals surface area contributed by atoms with Crippen LogP contribution >= 0.6 is 0 Å². The maximum atomic E-state index is 13.9. The summed E-state index contributed by atoms with van der Waals surface area (Å²) in [5.74, 6) is -14.6. The number of carboxylic acid groups (broad SMARTS) is 2. The Bertz CT molecular complexity index is 2110. The molecule has 0 bridgehead atoms. The van der Waals surface area contributed by atoms with Crippen LogP contribution in [0.2, 0.25) is 0 Å². The van der Waals surface area contributed by atoms with Gasteiger partial charge < -0.3 is 85.5 Å². The fourth-order valence-electron chi connectivity index (χ4n) is 6.57. The second-order valence-electron chi connectivity index (χ2n) is 15.8. The molecular formula is C40H58N12O17. The molecule has 29 heteroatoms. The molecule has 0 saturated carbocycles. The van der Waals surface area contributed by atoms with Gasteiger partial charge in [0.25, 0.3) is 0 Å². The van der Waals surface area contributed by atoms with E-state index in [2.05, 4.69) is 37.2 Å². The van der Waals surface area contributed by atoms with Crippen LogP contribution in [0.4, 0.5) is 0 Å². The predicted octanol–water partition coefficient (Wildman–Crippen LogP) is -7.74. The van der Waals surface area contributed by atoms with Crippen molar-refractivity contribution in [2.24, 2.45) is 22.9 Å². The van der Waals surface area contributed by atoms with Gasteiger partial charge in [-0.1, -0.05) is 12.1 Å². The summed E-state index contributed by atoms with van der Waals surface area (Å²) in [6, 6.07) is -6.89. The Morgan fingerprint density at radius 2 is 1.20 bits per heavy atom. The van der Waals surface area contributed by atoms with E-state index in [4.69, 9.17) is 28.0 Å². The second-order valence-corrected chi connectivity index (χ2v) is 15.8. The zero-order chi connectivity index (χ0) is 52.1. The number of aromatic hydroxyl groups is 1. The lowest BCUT2D eigenvalue weighted by Gasteiger charge is -2.30. The molecule has 380 valence electrons. The third-order valence-corrected chi connectivity index (χ3v) is 10.2. The minimum Gasteiger partial charge on any atom is -0.508 e. The number of primary amides is 3. The number of carbonyl (C=O) groups excluding carboxylic acids is 11. The van der Waals surface area contributed by atoms with Crippen molar-refractivity contribution in [3.8, 4) is 5.75 Å². The minimum absolute atomic E-state index is 0.0378. The zero-order valence-electron chi connectivity index (χ0n) is 37.3. The number of hydrogen-bond acceptors (Lipinski definition) is 16. The molecule has 1 aliphatic rings. The average molecular weight is 979 g/mol. The number of carboxylic acids is 2. The van der Waals surface area contributed by atoms with Gasteiger partial charge in [-0.3, -0.25) is 62.3 Å². The third-order valence-electron chi connectivity index (χ3n) is 10.2. The van der Waals surface area contributed by atoms with Crippen molar-refractivity contribution < 1.29 is 82.8 Å². The number of nitrogens with one attached hydrogen (secondary N) is 7. The first-order valence-electron chi connectivity index (χ1n) is 21.2. The number of rotatable bonds is 29. The number of benzene rings is 1. The number of amides is 11. The van der Waals surface area contributed by atoms with Crippen LogP contribution in [0.25, 0.3) is 0 Å². The molecule has 19 N–H and O–H groups in total. The summed E-state index contributed by atoms with van der Waals surface area (Å²) in [6.45, 7) is -1.10. The predicted molar refractivity (Wildman–Crippen MR) is 232 cm³/mol. The molecule has 1 saturated heterocycles. The van der Waals surface area contributed by atoms with Crippen LogP contribution in [0.3, 0.4) is 0 Å². The topological polar surface area (TPSA) is 494 Å². The van der Waals surface area contributed by atoms with Crippen LogP contribution in [0.1, 0.15) is 63.9 Å².